The van der Waals surface area contributed by atoms with Crippen molar-refractivity contribution in [3.63, 3.8) is 0 Å². The predicted molar refractivity (Wildman–Crippen MR) is 160 cm³/mol. The zero-order chi connectivity index (χ0) is 32.5. The van der Waals surface area contributed by atoms with Gasteiger partial charge in [0.1, 0.15) is 35.9 Å². The van der Waals surface area contributed by atoms with Crippen LogP contribution >= 0.6 is 22.7 Å². The van der Waals surface area contributed by atoms with Crippen molar-refractivity contribution in [2.75, 3.05) is 0 Å². The van der Waals surface area contributed by atoms with Crippen LogP contribution in [0.2, 0.25) is 0 Å². The van der Waals surface area contributed by atoms with E-state index in [2.05, 4.69) is 32.5 Å². The Morgan fingerprint density at radius 3 is 1.30 bits per heavy atom. The van der Waals surface area contributed by atoms with Gasteiger partial charge in [0.15, 0.2) is 10.0 Å². The Morgan fingerprint density at radius 2 is 0.978 bits per heavy atom. The molecule has 0 unspecified atom stereocenters. The summed E-state index contributed by atoms with van der Waals surface area (Å²) in [6.45, 7) is 0. The van der Waals surface area contributed by atoms with Crippen LogP contribution in [0.5, 0.6) is 0 Å². The van der Waals surface area contributed by atoms with Gasteiger partial charge in [0.25, 0.3) is 0 Å². The molecule has 4 aromatic rings. The van der Waals surface area contributed by atoms with Crippen molar-refractivity contribution >= 4 is 45.0 Å². The van der Waals surface area contributed by atoms with Crippen molar-refractivity contribution in [1.29, 1.82) is 31.6 Å². The molecular formula is C32H8F2N10S2. The first-order valence-electron chi connectivity index (χ1n) is 12.7. The number of nitrogens with zero attached hydrogens (tertiary/aromatic N) is 10. The molecule has 10 nitrogen and oxygen atoms in total. The first-order chi connectivity index (χ1) is 22.3. The van der Waals surface area contributed by atoms with Crippen molar-refractivity contribution in [3.8, 4) is 36.4 Å². The molecule has 0 saturated carbocycles. The summed E-state index contributed by atoms with van der Waals surface area (Å²) in [6, 6.07) is 19.1. The number of hydrogen-bond acceptors (Lipinski definition) is 12. The number of aromatic nitrogens is 4. The van der Waals surface area contributed by atoms with Gasteiger partial charge in [-0.25, -0.2) is 8.78 Å². The Labute approximate surface area is 266 Å². The maximum atomic E-state index is 14.2. The Balaban J connectivity index is 1.75. The fourth-order valence-corrected chi connectivity index (χ4v) is 6.39. The third kappa shape index (κ3) is 4.72. The van der Waals surface area contributed by atoms with Crippen molar-refractivity contribution in [2.45, 2.75) is 0 Å². The normalized spacial score (nSPS) is 15.3. The van der Waals surface area contributed by atoms with E-state index in [-0.39, 0.29) is 64.6 Å². The molecule has 14 heteroatoms. The van der Waals surface area contributed by atoms with Crippen LogP contribution < -0.4 is 0 Å². The molecule has 0 fully saturated rings. The topological polar surface area (TPSA) is 194 Å². The van der Waals surface area contributed by atoms with Gasteiger partial charge in [0.2, 0.25) is 10.0 Å². The molecule has 2 heterocycles. The molecule has 0 N–H and O–H groups in total. The van der Waals surface area contributed by atoms with Crippen LogP contribution in [0.25, 0.3) is 22.3 Å². The Kier molecular flexibility index (Phi) is 7.37. The van der Waals surface area contributed by atoms with Crippen LogP contribution in [-0.2, 0) is 0 Å². The summed E-state index contributed by atoms with van der Waals surface area (Å²) in [7, 11) is 0. The van der Waals surface area contributed by atoms with E-state index < -0.39 is 11.6 Å². The molecule has 0 radical (unpaired) electrons. The van der Waals surface area contributed by atoms with Crippen LogP contribution in [0.15, 0.2) is 70.8 Å². The summed E-state index contributed by atoms with van der Waals surface area (Å²) in [6.07, 6.45) is 3.22. The highest BCUT2D eigenvalue weighted by molar-refractivity contribution is 7.13. The van der Waals surface area contributed by atoms with E-state index in [4.69, 9.17) is 0 Å². The summed E-state index contributed by atoms with van der Waals surface area (Å²) in [4.78, 5) is 0. The molecule has 6 rings (SSSR count). The predicted octanol–water partition coefficient (Wildman–Crippen LogP) is 5.90. The fraction of sp³-hybridized carbons (Fsp3) is 0. The quantitative estimate of drug-likeness (QED) is 0.244. The van der Waals surface area contributed by atoms with Gasteiger partial charge in [-0.1, -0.05) is 34.8 Å². The summed E-state index contributed by atoms with van der Waals surface area (Å²) < 4.78 is 28.4. The minimum Gasteiger partial charge on any atom is -0.207 e. The second-order valence-electron chi connectivity index (χ2n) is 9.32. The smallest absolute Gasteiger partial charge is 0.207 e. The molecule has 0 spiro atoms. The summed E-state index contributed by atoms with van der Waals surface area (Å²) in [5.41, 5.74) is 2.22. The summed E-state index contributed by atoms with van der Waals surface area (Å²) in [5, 5.41) is 75.3. The first kappa shape index (κ1) is 29.1. The number of nitriles is 6. The summed E-state index contributed by atoms with van der Waals surface area (Å²) >= 11 is 1.72. The van der Waals surface area contributed by atoms with Gasteiger partial charge in [-0.3, -0.25) is 0 Å². The highest BCUT2D eigenvalue weighted by atomic mass is 32.1. The number of halogens is 2. The van der Waals surface area contributed by atoms with E-state index in [1.807, 2.05) is 24.3 Å². The van der Waals surface area contributed by atoms with E-state index >= 15 is 0 Å². The Hall–Kier alpha value is -6.94. The van der Waals surface area contributed by atoms with E-state index in [1.165, 1.54) is 12.1 Å². The maximum Gasteiger partial charge on any atom is 0.218 e. The standard InChI is InChI=1S/C32H8F2N10S2/c33-17-1-3-19(15(5-17)9-35)21-7-23-24(29(21)25(11-37)31-43-41-27(13-39)45-31)8-22(20-4-2-18(34)6-16(20)10-36)30(23)26(12-38)32-44-42-28(14-40)46-32/h1-8H/b29-25-,30-26-. The van der Waals surface area contributed by atoms with E-state index in [1.54, 1.807) is 12.2 Å². The minimum absolute atomic E-state index is 0.00915. The number of rotatable bonds is 4. The van der Waals surface area contributed by atoms with Crippen molar-refractivity contribution < 1.29 is 8.78 Å². The number of hydrogen-bond donors (Lipinski definition) is 0. The molecule has 0 amide bonds. The average molecular weight is 635 g/mol. The lowest BCUT2D eigenvalue weighted by molar-refractivity contribution is 0.627. The summed E-state index contributed by atoms with van der Waals surface area (Å²) in [5.74, 6) is -1.32. The highest BCUT2D eigenvalue weighted by Crippen LogP contribution is 2.54. The van der Waals surface area contributed by atoms with Crippen molar-refractivity contribution in [2.24, 2.45) is 0 Å². The van der Waals surface area contributed by atoms with Gasteiger partial charge < -0.3 is 0 Å². The molecule has 2 aromatic heterocycles. The van der Waals surface area contributed by atoms with Crippen molar-refractivity contribution in [1.82, 2.24) is 20.4 Å². The molecule has 2 aliphatic rings. The molecular weight excluding hydrogens is 627 g/mol. The Bertz CT molecular complexity index is 2300. The molecule has 0 bridgehead atoms. The maximum absolute atomic E-state index is 14.2. The van der Waals surface area contributed by atoms with Crippen LogP contribution in [0, 0.1) is 79.6 Å². The number of benzene rings is 2. The largest absolute Gasteiger partial charge is 0.218 e. The minimum atomic E-state index is -0.660. The van der Waals surface area contributed by atoms with Crippen LogP contribution in [0.1, 0.15) is 42.3 Å². The molecule has 2 aliphatic carbocycles. The van der Waals surface area contributed by atoms with Crippen molar-refractivity contribution in [3.05, 3.63) is 125 Å². The van der Waals surface area contributed by atoms with E-state index in [9.17, 15) is 40.4 Å². The zero-order valence-corrected chi connectivity index (χ0v) is 24.3. The molecule has 2 aromatic carbocycles. The van der Waals surface area contributed by atoms with E-state index in [0.717, 1.165) is 46.9 Å². The first-order valence-corrected chi connectivity index (χ1v) is 14.3. The Morgan fingerprint density at radius 1 is 0.565 bits per heavy atom. The second-order valence-corrected chi connectivity index (χ2v) is 11.3. The SMILES string of the molecule is N#C/C(=C1\C(c2ccc(F)cc2C#N)=CC2=C1C=C(c1ccc(F)cc1C#N)/C2=C(\C#N)c1nnc(C#N)s1)c1nnc(C#N)s1. The van der Waals surface area contributed by atoms with Gasteiger partial charge in [-0.15, -0.1) is 20.4 Å². The average Bonchev–Trinajstić information content (AvgIpc) is 3.87. The van der Waals surface area contributed by atoms with E-state index in [0.29, 0.717) is 22.3 Å². The van der Waals surface area contributed by atoms with Crippen LogP contribution in [0.3, 0.4) is 0 Å². The van der Waals surface area contributed by atoms with Crippen LogP contribution in [-0.4, -0.2) is 20.4 Å². The number of allylic oxidation sites excluding steroid dienone is 10. The fourth-order valence-electron chi connectivity index (χ4n) is 5.10. The highest BCUT2D eigenvalue weighted by Gasteiger charge is 2.37. The van der Waals surface area contributed by atoms with Gasteiger partial charge in [-0.2, -0.15) is 31.6 Å². The van der Waals surface area contributed by atoms with Gasteiger partial charge in [0, 0.05) is 22.3 Å². The lowest BCUT2D eigenvalue weighted by Crippen LogP contribution is -1.99. The van der Waals surface area contributed by atoms with Gasteiger partial charge in [0.05, 0.1) is 34.4 Å². The van der Waals surface area contributed by atoms with Crippen LogP contribution in [0.4, 0.5) is 8.78 Å². The lowest BCUT2D eigenvalue weighted by Gasteiger charge is -2.14. The second kappa shape index (κ2) is 11.6. The lowest BCUT2D eigenvalue weighted by atomic mass is 9.87. The molecule has 0 atom stereocenters. The molecule has 0 saturated heterocycles. The van der Waals surface area contributed by atoms with Gasteiger partial charge >= 0.3 is 0 Å². The third-order valence-electron chi connectivity index (χ3n) is 6.92. The zero-order valence-electron chi connectivity index (χ0n) is 22.7. The monoisotopic (exact) mass is 634 g/mol. The van der Waals surface area contributed by atoms with Gasteiger partial charge in [-0.05, 0) is 58.7 Å². The molecule has 46 heavy (non-hydrogen) atoms. The third-order valence-corrected chi connectivity index (χ3v) is 8.61. The molecule has 0 aliphatic heterocycles. The molecule has 212 valence electrons.